The van der Waals surface area contributed by atoms with E-state index in [-0.39, 0.29) is 16.5 Å². The Labute approximate surface area is 154 Å². The van der Waals surface area contributed by atoms with Gasteiger partial charge >= 0.3 is 11.9 Å². The van der Waals surface area contributed by atoms with E-state index in [0.29, 0.717) is 6.42 Å². The van der Waals surface area contributed by atoms with Crippen LogP contribution in [0.4, 0.5) is 5.69 Å². The first-order valence-electron chi connectivity index (χ1n) is 7.69. The van der Waals surface area contributed by atoms with Gasteiger partial charge in [0, 0.05) is 11.1 Å². The molecule has 2 unspecified atom stereocenters. The smallest absolute Gasteiger partial charge is 0.345 e. The molecular formula is C16H19ClN2O7. The second-order valence-electron chi connectivity index (χ2n) is 5.45. The van der Waals surface area contributed by atoms with Gasteiger partial charge in [0.15, 0.2) is 6.61 Å². The molecule has 0 spiro atoms. The molecule has 0 fully saturated rings. The van der Waals surface area contributed by atoms with E-state index in [0.717, 1.165) is 12.1 Å². The van der Waals surface area contributed by atoms with E-state index < -0.39 is 41.1 Å². The number of nitro benzene ring substituents is 1. The van der Waals surface area contributed by atoms with Gasteiger partial charge in [-0.2, -0.15) is 0 Å². The molecule has 1 rings (SSSR count). The maximum absolute atomic E-state index is 12.0. The zero-order valence-electron chi connectivity index (χ0n) is 14.5. The molecule has 0 aliphatic carbocycles. The summed E-state index contributed by atoms with van der Waals surface area (Å²) in [6, 6.07) is 2.51. The zero-order chi connectivity index (χ0) is 19.9. The van der Waals surface area contributed by atoms with E-state index in [2.05, 4.69) is 10.1 Å². The third kappa shape index (κ3) is 5.69. The SMILES string of the molecule is CCC(C)C(NC(=O)COC(=O)c1cc(Cl)ccc1[N+](=O)[O-])C(=O)OC. The molecule has 0 aromatic heterocycles. The lowest BCUT2D eigenvalue weighted by atomic mass is 9.99. The first kappa shape index (κ1) is 21.4. The summed E-state index contributed by atoms with van der Waals surface area (Å²) < 4.78 is 9.43. The summed E-state index contributed by atoms with van der Waals surface area (Å²) in [5.41, 5.74) is -0.867. The van der Waals surface area contributed by atoms with Gasteiger partial charge in [-0.25, -0.2) is 9.59 Å². The first-order valence-corrected chi connectivity index (χ1v) is 8.07. The lowest BCUT2D eigenvalue weighted by molar-refractivity contribution is -0.385. The van der Waals surface area contributed by atoms with Crippen LogP contribution in [0.15, 0.2) is 18.2 Å². The molecule has 0 heterocycles. The highest BCUT2D eigenvalue weighted by Gasteiger charge is 2.28. The van der Waals surface area contributed by atoms with Gasteiger partial charge in [-0.15, -0.1) is 0 Å². The Bertz CT molecular complexity index is 708. The van der Waals surface area contributed by atoms with E-state index >= 15 is 0 Å². The Kier molecular flexibility index (Phi) is 7.98. The molecule has 1 amide bonds. The molecule has 0 saturated carbocycles. The molecule has 10 heteroatoms. The van der Waals surface area contributed by atoms with Crippen LogP contribution in [0.1, 0.15) is 30.6 Å². The predicted molar refractivity (Wildman–Crippen MR) is 91.8 cm³/mol. The molecule has 1 aromatic carbocycles. The Morgan fingerprint density at radius 3 is 2.54 bits per heavy atom. The molecule has 1 N–H and O–H groups in total. The fraction of sp³-hybridized carbons (Fsp3) is 0.438. The molecule has 2 atom stereocenters. The van der Waals surface area contributed by atoms with Crippen molar-refractivity contribution in [2.75, 3.05) is 13.7 Å². The Morgan fingerprint density at radius 1 is 1.35 bits per heavy atom. The maximum Gasteiger partial charge on any atom is 0.345 e. The van der Waals surface area contributed by atoms with E-state index in [4.69, 9.17) is 16.3 Å². The van der Waals surface area contributed by atoms with Crippen LogP contribution in [-0.4, -0.2) is 42.5 Å². The standard InChI is InChI=1S/C16H19ClN2O7/c1-4-9(2)14(16(22)25-3)18-13(20)8-26-15(21)11-7-10(17)5-6-12(11)19(23)24/h5-7,9,14H,4,8H2,1-3H3,(H,18,20). The number of carbonyl (C=O) groups is 3. The number of ether oxygens (including phenoxy) is 2. The van der Waals surface area contributed by atoms with Crippen LogP contribution in [-0.2, 0) is 19.1 Å². The Morgan fingerprint density at radius 2 is 2.00 bits per heavy atom. The van der Waals surface area contributed by atoms with Gasteiger partial charge in [-0.1, -0.05) is 31.9 Å². The zero-order valence-corrected chi connectivity index (χ0v) is 15.2. The highest BCUT2D eigenvalue weighted by atomic mass is 35.5. The number of amides is 1. The van der Waals surface area contributed by atoms with Crippen molar-refractivity contribution in [3.05, 3.63) is 38.9 Å². The third-order valence-electron chi connectivity index (χ3n) is 3.69. The fourth-order valence-corrected chi connectivity index (χ4v) is 2.22. The number of halogens is 1. The minimum atomic E-state index is -1.08. The second-order valence-corrected chi connectivity index (χ2v) is 5.89. The number of rotatable bonds is 8. The molecule has 9 nitrogen and oxygen atoms in total. The summed E-state index contributed by atoms with van der Waals surface area (Å²) in [5.74, 6) is -2.63. The summed E-state index contributed by atoms with van der Waals surface area (Å²) in [5, 5.41) is 13.5. The highest BCUT2D eigenvalue weighted by molar-refractivity contribution is 6.31. The van der Waals surface area contributed by atoms with Crippen molar-refractivity contribution in [2.45, 2.75) is 26.3 Å². The first-order chi connectivity index (χ1) is 12.2. The lowest BCUT2D eigenvalue weighted by Crippen LogP contribution is -2.47. The number of nitrogens with zero attached hydrogens (tertiary/aromatic N) is 1. The van der Waals surface area contributed by atoms with Crippen molar-refractivity contribution in [3.8, 4) is 0 Å². The molecule has 1 aromatic rings. The summed E-state index contributed by atoms with van der Waals surface area (Å²) in [6.45, 7) is 2.88. The number of esters is 2. The minimum Gasteiger partial charge on any atom is -0.467 e. The van der Waals surface area contributed by atoms with Crippen molar-refractivity contribution in [3.63, 3.8) is 0 Å². The summed E-state index contributed by atoms with van der Waals surface area (Å²) in [4.78, 5) is 45.9. The van der Waals surface area contributed by atoms with Crippen LogP contribution < -0.4 is 5.32 Å². The highest BCUT2D eigenvalue weighted by Crippen LogP contribution is 2.23. The van der Waals surface area contributed by atoms with Crippen LogP contribution in [0, 0.1) is 16.0 Å². The van der Waals surface area contributed by atoms with Gasteiger partial charge in [0.25, 0.3) is 11.6 Å². The number of nitro groups is 1. The molecule has 142 valence electrons. The van der Waals surface area contributed by atoms with Gasteiger partial charge in [-0.3, -0.25) is 14.9 Å². The van der Waals surface area contributed by atoms with E-state index in [1.807, 2.05) is 6.92 Å². The molecule has 0 saturated heterocycles. The number of nitrogens with one attached hydrogen (secondary N) is 1. The van der Waals surface area contributed by atoms with Crippen molar-refractivity contribution in [1.29, 1.82) is 0 Å². The monoisotopic (exact) mass is 386 g/mol. The van der Waals surface area contributed by atoms with Crippen molar-refractivity contribution in [1.82, 2.24) is 5.32 Å². The number of hydrogen-bond donors (Lipinski definition) is 1. The largest absolute Gasteiger partial charge is 0.467 e. The topological polar surface area (TPSA) is 125 Å². The lowest BCUT2D eigenvalue weighted by Gasteiger charge is -2.21. The normalized spacial score (nSPS) is 12.6. The second kappa shape index (κ2) is 9.71. The van der Waals surface area contributed by atoms with Crippen LogP contribution in [0.5, 0.6) is 0 Å². The summed E-state index contributed by atoms with van der Waals surface area (Å²) in [7, 11) is 1.20. The fourth-order valence-electron chi connectivity index (χ4n) is 2.05. The summed E-state index contributed by atoms with van der Waals surface area (Å²) in [6.07, 6.45) is 0.606. The molecule has 0 aliphatic heterocycles. The number of benzene rings is 1. The van der Waals surface area contributed by atoms with Gasteiger partial charge in [-0.05, 0) is 18.1 Å². The molecule has 0 bridgehead atoms. The number of carbonyl (C=O) groups excluding carboxylic acids is 3. The number of hydrogen-bond acceptors (Lipinski definition) is 7. The quantitative estimate of drug-likeness (QED) is 0.412. The van der Waals surface area contributed by atoms with Crippen molar-refractivity contribution in [2.24, 2.45) is 5.92 Å². The van der Waals surface area contributed by atoms with E-state index in [9.17, 15) is 24.5 Å². The average molecular weight is 387 g/mol. The number of methoxy groups -OCH3 is 1. The molecule has 0 radical (unpaired) electrons. The van der Waals surface area contributed by atoms with E-state index in [1.54, 1.807) is 6.92 Å². The predicted octanol–water partition coefficient (Wildman–Crippen LogP) is 2.11. The molecule has 26 heavy (non-hydrogen) atoms. The molecule has 0 aliphatic rings. The molecular weight excluding hydrogens is 368 g/mol. The van der Waals surface area contributed by atoms with Gasteiger partial charge in [0.1, 0.15) is 11.6 Å². The van der Waals surface area contributed by atoms with E-state index in [1.165, 1.54) is 13.2 Å². The van der Waals surface area contributed by atoms with Crippen LogP contribution in [0.2, 0.25) is 5.02 Å². The Balaban J connectivity index is 2.78. The van der Waals surface area contributed by atoms with Crippen LogP contribution in [0.25, 0.3) is 0 Å². The van der Waals surface area contributed by atoms with Crippen LogP contribution in [0.3, 0.4) is 0 Å². The summed E-state index contributed by atoms with van der Waals surface area (Å²) >= 11 is 5.74. The van der Waals surface area contributed by atoms with Gasteiger partial charge in [0.2, 0.25) is 0 Å². The third-order valence-corrected chi connectivity index (χ3v) is 3.93. The van der Waals surface area contributed by atoms with Crippen LogP contribution >= 0.6 is 11.6 Å². The minimum absolute atomic E-state index is 0.106. The Hall–Kier alpha value is -2.68. The van der Waals surface area contributed by atoms with Gasteiger partial charge in [0.05, 0.1) is 12.0 Å². The van der Waals surface area contributed by atoms with Crippen molar-refractivity contribution < 1.29 is 28.8 Å². The maximum atomic E-state index is 12.0. The van der Waals surface area contributed by atoms with Crippen molar-refractivity contribution >= 4 is 35.1 Å². The average Bonchev–Trinajstić information content (AvgIpc) is 2.62. The van der Waals surface area contributed by atoms with Gasteiger partial charge < -0.3 is 14.8 Å².